The third kappa shape index (κ3) is 2.98. The van der Waals surface area contributed by atoms with Crippen molar-refractivity contribution in [3.63, 3.8) is 0 Å². The molecule has 1 aromatic heterocycles. The predicted octanol–water partition coefficient (Wildman–Crippen LogP) is 3.76. The molecule has 1 aromatic rings. The zero-order valence-corrected chi connectivity index (χ0v) is 12.9. The van der Waals surface area contributed by atoms with E-state index in [9.17, 15) is 0 Å². The molecule has 1 unspecified atom stereocenters. The van der Waals surface area contributed by atoms with E-state index in [1.807, 2.05) is 18.7 Å². The monoisotopic (exact) mass is 305 g/mol. The van der Waals surface area contributed by atoms with Crippen LogP contribution in [0.25, 0.3) is 0 Å². The molecular formula is C12H17Cl2N3S. The molecule has 0 aromatic carbocycles. The summed E-state index contributed by atoms with van der Waals surface area (Å²) in [6.45, 7) is 5.99. The molecule has 18 heavy (non-hydrogen) atoms. The van der Waals surface area contributed by atoms with Crippen LogP contribution in [0.3, 0.4) is 0 Å². The molecule has 0 bridgehead atoms. The molecule has 2 heterocycles. The van der Waals surface area contributed by atoms with E-state index >= 15 is 0 Å². The van der Waals surface area contributed by atoms with Crippen molar-refractivity contribution in [2.45, 2.75) is 19.9 Å². The largest absolute Gasteiger partial charge is 0.369 e. The maximum absolute atomic E-state index is 6.28. The highest BCUT2D eigenvalue weighted by atomic mass is 35.5. The number of hydrogen-bond acceptors (Lipinski definition) is 4. The van der Waals surface area contributed by atoms with Gasteiger partial charge in [0, 0.05) is 30.6 Å². The van der Waals surface area contributed by atoms with Crippen molar-refractivity contribution in [2.24, 2.45) is 0 Å². The Morgan fingerprint density at radius 2 is 2.28 bits per heavy atom. The second-order valence-corrected chi connectivity index (χ2v) is 6.24. The van der Waals surface area contributed by atoms with Gasteiger partial charge < -0.3 is 10.2 Å². The van der Waals surface area contributed by atoms with Gasteiger partial charge in [-0.2, -0.15) is 11.8 Å². The summed E-state index contributed by atoms with van der Waals surface area (Å²) in [5.41, 5.74) is 0. The minimum absolute atomic E-state index is 0.449. The van der Waals surface area contributed by atoms with Gasteiger partial charge in [-0.05, 0) is 19.9 Å². The highest BCUT2D eigenvalue weighted by molar-refractivity contribution is 7.99. The lowest BCUT2D eigenvalue weighted by Gasteiger charge is -2.34. The van der Waals surface area contributed by atoms with Crippen LogP contribution in [0.15, 0.2) is 6.07 Å². The Labute approximate surface area is 122 Å². The number of halogens is 2. The van der Waals surface area contributed by atoms with Gasteiger partial charge in [0.05, 0.1) is 10.0 Å². The topological polar surface area (TPSA) is 28.2 Å². The standard InChI is InChI=1S/C12H17Cl2N3S/c1-3-15-11-9(13)6-10(14)12(16-11)17-4-5-18-7-8(17)2/h6,8H,3-5,7H2,1-2H3,(H,15,16). The third-order valence-electron chi connectivity index (χ3n) is 2.89. The van der Waals surface area contributed by atoms with Crippen LogP contribution >= 0.6 is 35.0 Å². The van der Waals surface area contributed by atoms with Crippen molar-refractivity contribution in [2.75, 3.05) is 34.8 Å². The molecule has 6 heteroatoms. The summed E-state index contributed by atoms with van der Waals surface area (Å²) < 4.78 is 0. The second kappa shape index (κ2) is 6.22. The van der Waals surface area contributed by atoms with Gasteiger partial charge >= 0.3 is 0 Å². The first-order valence-corrected chi connectivity index (χ1v) is 7.98. The Morgan fingerprint density at radius 1 is 1.50 bits per heavy atom. The summed E-state index contributed by atoms with van der Waals surface area (Å²) >= 11 is 14.4. The zero-order valence-electron chi connectivity index (χ0n) is 10.5. The Hall–Kier alpha value is -0.320. The predicted molar refractivity (Wildman–Crippen MR) is 82.6 cm³/mol. The molecule has 0 aliphatic carbocycles. The van der Waals surface area contributed by atoms with Crippen LogP contribution in [-0.4, -0.2) is 35.6 Å². The van der Waals surface area contributed by atoms with Crippen LogP contribution in [0.2, 0.25) is 10.0 Å². The van der Waals surface area contributed by atoms with Gasteiger partial charge in [0.25, 0.3) is 0 Å². The maximum atomic E-state index is 6.28. The van der Waals surface area contributed by atoms with Gasteiger partial charge in [0.2, 0.25) is 0 Å². The molecule has 1 fully saturated rings. The summed E-state index contributed by atoms with van der Waals surface area (Å²) in [5, 5.41) is 4.36. The summed E-state index contributed by atoms with van der Waals surface area (Å²) in [6.07, 6.45) is 0. The normalized spacial score (nSPS) is 20.0. The summed E-state index contributed by atoms with van der Waals surface area (Å²) in [4.78, 5) is 6.84. The van der Waals surface area contributed by atoms with Crippen molar-refractivity contribution in [3.8, 4) is 0 Å². The lowest BCUT2D eigenvalue weighted by molar-refractivity contribution is 0.690. The van der Waals surface area contributed by atoms with Crippen LogP contribution in [-0.2, 0) is 0 Å². The maximum Gasteiger partial charge on any atom is 0.150 e. The highest BCUT2D eigenvalue weighted by Gasteiger charge is 2.23. The van der Waals surface area contributed by atoms with Crippen molar-refractivity contribution in [3.05, 3.63) is 16.1 Å². The minimum atomic E-state index is 0.449. The van der Waals surface area contributed by atoms with Crippen molar-refractivity contribution in [1.29, 1.82) is 0 Å². The fourth-order valence-electron chi connectivity index (χ4n) is 1.99. The number of anilines is 2. The molecule has 3 nitrogen and oxygen atoms in total. The first-order valence-electron chi connectivity index (χ1n) is 6.07. The van der Waals surface area contributed by atoms with E-state index in [4.69, 9.17) is 23.2 Å². The Kier molecular flexibility index (Phi) is 4.87. The lowest BCUT2D eigenvalue weighted by Crippen LogP contribution is -2.41. The molecule has 0 spiro atoms. The lowest BCUT2D eigenvalue weighted by atomic mass is 10.3. The molecule has 0 saturated carbocycles. The van der Waals surface area contributed by atoms with E-state index in [0.29, 0.717) is 21.9 Å². The van der Waals surface area contributed by atoms with Crippen molar-refractivity contribution >= 4 is 46.6 Å². The molecule has 1 saturated heterocycles. The number of thioether (sulfide) groups is 1. The Balaban J connectivity index is 2.33. The average molecular weight is 306 g/mol. The number of pyridine rings is 1. The van der Waals surface area contributed by atoms with Crippen LogP contribution in [0.4, 0.5) is 11.6 Å². The van der Waals surface area contributed by atoms with Crippen molar-refractivity contribution < 1.29 is 0 Å². The van der Waals surface area contributed by atoms with Crippen LogP contribution in [0.1, 0.15) is 13.8 Å². The SMILES string of the molecule is CCNc1nc(N2CCSCC2C)c(Cl)cc1Cl. The molecule has 100 valence electrons. The van der Waals surface area contributed by atoms with E-state index in [-0.39, 0.29) is 0 Å². The van der Waals surface area contributed by atoms with Crippen LogP contribution in [0.5, 0.6) is 0 Å². The number of nitrogens with one attached hydrogen (secondary N) is 1. The van der Waals surface area contributed by atoms with Gasteiger partial charge in [-0.1, -0.05) is 23.2 Å². The van der Waals surface area contributed by atoms with Crippen molar-refractivity contribution in [1.82, 2.24) is 4.98 Å². The van der Waals surface area contributed by atoms with Crippen LogP contribution < -0.4 is 10.2 Å². The van der Waals surface area contributed by atoms with E-state index in [2.05, 4.69) is 22.1 Å². The fraction of sp³-hybridized carbons (Fsp3) is 0.583. The molecular weight excluding hydrogens is 289 g/mol. The van der Waals surface area contributed by atoms with Gasteiger partial charge in [-0.15, -0.1) is 0 Å². The zero-order chi connectivity index (χ0) is 13.1. The number of hydrogen-bond donors (Lipinski definition) is 1. The van der Waals surface area contributed by atoms with E-state index in [1.54, 1.807) is 6.07 Å². The van der Waals surface area contributed by atoms with Gasteiger partial charge in [0.1, 0.15) is 11.6 Å². The second-order valence-electron chi connectivity index (χ2n) is 4.27. The van der Waals surface area contributed by atoms with Crippen LogP contribution in [0, 0.1) is 0 Å². The summed E-state index contributed by atoms with van der Waals surface area (Å²) in [5.74, 6) is 3.77. The first-order chi connectivity index (χ1) is 8.63. The molecule has 2 rings (SSSR count). The fourth-order valence-corrected chi connectivity index (χ4v) is 3.54. The van der Waals surface area contributed by atoms with E-state index < -0.39 is 0 Å². The quantitative estimate of drug-likeness (QED) is 0.920. The smallest absolute Gasteiger partial charge is 0.150 e. The molecule has 1 aliphatic rings. The molecule has 1 aliphatic heterocycles. The van der Waals surface area contributed by atoms with Gasteiger partial charge in [-0.3, -0.25) is 0 Å². The third-order valence-corrected chi connectivity index (χ3v) is 4.65. The number of nitrogens with zero attached hydrogens (tertiary/aromatic N) is 2. The van der Waals surface area contributed by atoms with Gasteiger partial charge in [0.15, 0.2) is 0 Å². The molecule has 1 N–H and O–H groups in total. The number of aromatic nitrogens is 1. The van der Waals surface area contributed by atoms with E-state index in [0.717, 1.165) is 30.4 Å². The van der Waals surface area contributed by atoms with Gasteiger partial charge in [-0.25, -0.2) is 4.98 Å². The molecule has 0 amide bonds. The highest BCUT2D eigenvalue weighted by Crippen LogP contribution is 2.34. The first kappa shape index (κ1) is 14.1. The molecule has 1 atom stereocenters. The minimum Gasteiger partial charge on any atom is -0.369 e. The van der Waals surface area contributed by atoms with E-state index in [1.165, 1.54) is 0 Å². The molecule has 0 radical (unpaired) electrons. The average Bonchev–Trinajstić information content (AvgIpc) is 2.34. The Bertz CT molecular complexity index is 428. The summed E-state index contributed by atoms with van der Waals surface area (Å²) in [6, 6.07) is 2.22. The number of rotatable bonds is 3. The Morgan fingerprint density at radius 3 is 2.94 bits per heavy atom. The summed E-state index contributed by atoms with van der Waals surface area (Å²) in [7, 11) is 0.